The zero-order chi connectivity index (χ0) is 13.5. The van der Waals surface area contributed by atoms with Crippen LogP contribution in [0.25, 0.3) is 0 Å². The van der Waals surface area contributed by atoms with Crippen molar-refractivity contribution >= 4 is 0 Å². The lowest BCUT2D eigenvalue weighted by Gasteiger charge is -2.39. The molecule has 1 saturated carbocycles. The van der Waals surface area contributed by atoms with Crippen LogP contribution in [0.4, 0.5) is 0 Å². The fourth-order valence-corrected chi connectivity index (χ4v) is 3.71. The highest BCUT2D eigenvalue weighted by Gasteiger charge is 2.38. The molecule has 1 unspecified atom stereocenters. The van der Waals surface area contributed by atoms with Gasteiger partial charge in [0.15, 0.2) is 0 Å². The Morgan fingerprint density at radius 2 is 2.05 bits per heavy atom. The first kappa shape index (κ1) is 13.1. The molecule has 2 fully saturated rings. The molecule has 2 heteroatoms. The Kier molecular flexibility index (Phi) is 3.40. The number of hydrogen-bond acceptors (Lipinski definition) is 2. The summed E-state index contributed by atoms with van der Waals surface area (Å²) in [5.74, 6) is 0.802. The second-order valence-electron chi connectivity index (χ2n) is 6.76. The van der Waals surface area contributed by atoms with Crippen molar-refractivity contribution in [2.75, 3.05) is 13.1 Å². The van der Waals surface area contributed by atoms with Crippen LogP contribution in [0.2, 0.25) is 0 Å². The van der Waals surface area contributed by atoms with Gasteiger partial charge in [-0.15, -0.1) is 0 Å². The average Bonchev–Trinajstić information content (AvgIpc) is 3.17. The first-order chi connectivity index (χ1) is 9.13. The van der Waals surface area contributed by atoms with Gasteiger partial charge in [-0.05, 0) is 63.1 Å². The van der Waals surface area contributed by atoms with Crippen LogP contribution in [0.1, 0.15) is 62.6 Å². The minimum atomic E-state index is 0.292. The van der Waals surface area contributed by atoms with Crippen molar-refractivity contribution in [2.45, 2.75) is 57.0 Å². The molecule has 1 aliphatic heterocycles. The minimum absolute atomic E-state index is 0.292. The highest BCUT2D eigenvalue weighted by molar-refractivity contribution is 5.36. The third kappa shape index (κ3) is 2.44. The summed E-state index contributed by atoms with van der Waals surface area (Å²) in [6.45, 7) is 6.64. The van der Waals surface area contributed by atoms with E-state index in [1.807, 2.05) is 0 Å². The predicted octanol–water partition coefficient (Wildman–Crippen LogP) is 3.44. The summed E-state index contributed by atoms with van der Waals surface area (Å²) in [5, 5.41) is 0. The number of nitrogens with zero attached hydrogens (tertiary/aromatic N) is 1. The van der Waals surface area contributed by atoms with Crippen LogP contribution < -0.4 is 5.73 Å². The number of likely N-dealkylation sites (tertiary alicyclic amines) is 1. The third-order valence-corrected chi connectivity index (χ3v) is 4.94. The summed E-state index contributed by atoms with van der Waals surface area (Å²) < 4.78 is 0. The van der Waals surface area contributed by atoms with E-state index in [1.54, 1.807) is 5.56 Å². The van der Waals surface area contributed by atoms with Gasteiger partial charge in [0.25, 0.3) is 0 Å². The lowest BCUT2D eigenvalue weighted by atomic mass is 9.93. The summed E-state index contributed by atoms with van der Waals surface area (Å²) in [5.41, 5.74) is 9.49. The quantitative estimate of drug-likeness (QED) is 0.896. The molecule has 19 heavy (non-hydrogen) atoms. The molecule has 3 rings (SSSR count). The highest BCUT2D eigenvalue weighted by atomic mass is 15.2. The maximum atomic E-state index is 6.15. The SMILES string of the molecule is CC1(C)CCCN1C(CN)c1ccccc1C1CC1. The Labute approximate surface area is 117 Å². The van der Waals surface area contributed by atoms with E-state index in [9.17, 15) is 0 Å². The zero-order valence-electron chi connectivity index (χ0n) is 12.2. The predicted molar refractivity (Wildman–Crippen MR) is 80.2 cm³/mol. The number of rotatable bonds is 4. The van der Waals surface area contributed by atoms with Gasteiger partial charge in [-0.1, -0.05) is 24.3 Å². The molecule has 1 aromatic rings. The van der Waals surface area contributed by atoms with E-state index in [1.165, 1.54) is 37.8 Å². The first-order valence-corrected chi connectivity index (χ1v) is 7.69. The summed E-state index contributed by atoms with van der Waals surface area (Å²) in [4.78, 5) is 2.63. The van der Waals surface area contributed by atoms with Crippen LogP contribution in [0.15, 0.2) is 24.3 Å². The molecule has 0 amide bonds. The third-order valence-electron chi connectivity index (χ3n) is 4.94. The fourth-order valence-electron chi connectivity index (χ4n) is 3.71. The van der Waals surface area contributed by atoms with Gasteiger partial charge in [-0.3, -0.25) is 4.90 Å². The van der Waals surface area contributed by atoms with Gasteiger partial charge in [0.05, 0.1) is 0 Å². The van der Waals surface area contributed by atoms with Gasteiger partial charge in [0.1, 0.15) is 0 Å². The van der Waals surface area contributed by atoms with Gasteiger partial charge >= 0.3 is 0 Å². The normalized spacial score (nSPS) is 24.6. The molecular weight excluding hydrogens is 232 g/mol. The van der Waals surface area contributed by atoms with Crippen LogP contribution >= 0.6 is 0 Å². The average molecular weight is 258 g/mol. The van der Waals surface area contributed by atoms with Gasteiger partial charge in [-0.2, -0.15) is 0 Å². The van der Waals surface area contributed by atoms with Crippen molar-refractivity contribution in [1.29, 1.82) is 0 Å². The van der Waals surface area contributed by atoms with E-state index >= 15 is 0 Å². The Hall–Kier alpha value is -0.860. The van der Waals surface area contributed by atoms with Crippen LogP contribution in [0, 0.1) is 0 Å². The number of nitrogens with two attached hydrogens (primary N) is 1. The molecule has 2 aliphatic rings. The van der Waals surface area contributed by atoms with Crippen molar-refractivity contribution in [2.24, 2.45) is 5.73 Å². The van der Waals surface area contributed by atoms with Crippen LogP contribution in [0.5, 0.6) is 0 Å². The lowest BCUT2D eigenvalue weighted by molar-refractivity contribution is 0.118. The van der Waals surface area contributed by atoms with Crippen molar-refractivity contribution in [3.05, 3.63) is 35.4 Å². The van der Waals surface area contributed by atoms with E-state index < -0.39 is 0 Å². The van der Waals surface area contributed by atoms with Crippen LogP contribution in [-0.4, -0.2) is 23.5 Å². The Balaban J connectivity index is 1.94. The molecular formula is C17H26N2. The van der Waals surface area contributed by atoms with E-state index in [4.69, 9.17) is 5.73 Å². The van der Waals surface area contributed by atoms with Crippen LogP contribution in [0.3, 0.4) is 0 Å². The number of benzene rings is 1. The maximum Gasteiger partial charge on any atom is 0.0478 e. The van der Waals surface area contributed by atoms with Crippen molar-refractivity contribution in [3.63, 3.8) is 0 Å². The molecule has 1 heterocycles. The summed E-state index contributed by atoms with van der Waals surface area (Å²) in [6.07, 6.45) is 5.31. The smallest absolute Gasteiger partial charge is 0.0478 e. The summed E-state index contributed by atoms with van der Waals surface area (Å²) >= 11 is 0. The van der Waals surface area contributed by atoms with Gasteiger partial charge < -0.3 is 5.73 Å². The van der Waals surface area contributed by atoms with Gasteiger partial charge in [-0.25, -0.2) is 0 Å². The van der Waals surface area contributed by atoms with Crippen LogP contribution in [-0.2, 0) is 0 Å². The highest BCUT2D eigenvalue weighted by Crippen LogP contribution is 2.45. The molecule has 104 valence electrons. The maximum absolute atomic E-state index is 6.15. The second-order valence-corrected chi connectivity index (χ2v) is 6.76. The molecule has 0 aromatic heterocycles. The van der Waals surface area contributed by atoms with E-state index in [-0.39, 0.29) is 0 Å². The van der Waals surface area contributed by atoms with E-state index in [0.717, 1.165) is 12.5 Å². The number of hydrogen-bond donors (Lipinski definition) is 1. The second kappa shape index (κ2) is 4.92. The Morgan fingerprint density at radius 1 is 1.32 bits per heavy atom. The van der Waals surface area contributed by atoms with E-state index in [0.29, 0.717) is 11.6 Å². The zero-order valence-corrected chi connectivity index (χ0v) is 12.2. The Morgan fingerprint density at radius 3 is 2.63 bits per heavy atom. The summed E-state index contributed by atoms with van der Waals surface area (Å²) in [6, 6.07) is 9.37. The minimum Gasteiger partial charge on any atom is -0.329 e. The van der Waals surface area contributed by atoms with Gasteiger partial charge in [0.2, 0.25) is 0 Å². The van der Waals surface area contributed by atoms with Crippen molar-refractivity contribution in [1.82, 2.24) is 4.90 Å². The summed E-state index contributed by atoms with van der Waals surface area (Å²) in [7, 11) is 0. The first-order valence-electron chi connectivity index (χ1n) is 7.69. The lowest BCUT2D eigenvalue weighted by Crippen LogP contribution is -2.43. The Bertz CT molecular complexity index is 448. The molecule has 2 nitrogen and oxygen atoms in total. The molecule has 0 bridgehead atoms. The van der Waals surface area contributed by atoms with Crippen molar-refractivity contribution in [3.8, 4) is 0 Å². The fraction of sp³-hybridized carbons (Fsp3) is 0.647. The molecule has 0 radical (unpaired) electrons. The van der Waals surface area contributed by atoms with Gasteiger partial charge in [0, 0.05) is 18.1 Å². The topological polar surface area (TPSA) is 29.3 Å². The molecule has 1 atom stereocenters. The molecule has 0 spiro atoms. The van der Waals surface area contributed by atoms with E-state index in [2.05, 4.69) is 43.0 Å². The molecule has 1 aliphatic carbocycles. The standard InChI is InChI=1S/C17H26N2/c1-17(2)10-5-11-19(17)16(12-18)15-7-4-3-6-14(15)13-8-9-13/h3-4,6-7,13,16H,5,8-12,18H2,1-2H3. The largest absolute Gasteiger partial charge is 0.329 e. The molecule has 2 N–H and O–H groups in total. The monoisotopic (exact) mass is 258 g/mol. The molecule has 1 saturated heterocycles. The molecule has 1 aromatic carbocycles. The van der Waals surface area contributed by atoms with Crippen molar-refractivity contribution < 1.29 is 0 Å².